The van der Waals surface area contributed by atoms with Gasteiger partial charge in [-0.2, -0.15) is 22.8 Å². The van der Waals surface area contributed by atoms with Crippen LogP contribution in [0.4, 0.5) is 26.3 Å². The third-order valence-corrected chi connectivity index (χ3v) is 5.48. The highest BCUT2D eigenvalue weighted by Crippen LogP contribution is 2.68. The lowest BCUT2D eigenvalue weighted by atomic mass is 9.75. The summed E-state index contributed by atoms with van der Waals surface area (Å²) in [5.41, 5.74) is -8.99. The Labute approximate surface area is 169 Å². The van der Waals surface area contributed by atoms with Crippen molar-refractivity contribution in [1.29, 1.82) is 5.26 Å². The van der Waals surface area contributed by atoms with Crippen molar-refractivity contribution in [1.82, 2.24) is 0 Å². The number of aliphatic hydroxyl groups is 1. The number of ether oxygens (including phenoxy) is 1. The molecular weight excluding hydrogens is 409 g/mol. The molecule has 0 unspecified atom stereocenters. The van der Waals surface area contributed by atoms with Crippen LogP contribution in [0.2, 0.25) is 0 Å². The van der Waals surface area contributed by atoms with Crippen LogP contribution < -0.4 is 21.1 Å². The second-order valence-electron chi connectivity index (χ2n) is 7.05. The van der Waals surface area contributed by atoms with Gasteiger partial charge < -0.3 is 9.84 Å². The topological polar surface area (TPSA) is 53.2 Å². The van der Waals surface area contributed by atoms with E-state index in [0.29, 0.717) is 6.07 Å². The molecule has 2 atom stereocenters. The molecule has 0 amide bonds. The minimum Gasteiger partial charge on any atom is -0.458 e. The van der Waals surface area contributed by atoms with Crippen LogP contribution in [-0.4, -0.2) is 34.6 Å². The van der Waals surface area contributed by atoms with E-state index in [2.05, 4.69) is 0 Å². The zero-order valence-electron chi connectivity index (χ0n) is 14.7. The van der Waals surface area contributed by atoms with Gasteiger partial charge in [0, 0.05) is 28.7 Å². The number of hydrogen-bond acceptors (Lipinski definition) is 3. The first-order valence-corrected chi connectivity index (χ1v) is 8.35. The van der Waals surface area contributed by atoms with Gasteiger partial charge in [-0.3, -0.25) is 0 Å². The van der Waals surface area contributed by atoms with Crippen molar-refractivity contribution in [2.45, 2.75) is 30.0 Å². The highest BCUT2D eigenvalue weighted by Gasteiger charge is 2.79. The summed E-state index contributed by atoms with van der Waals surface area (Å²) in [6.07, 6.45) is -3.65. The predicted octanol–water partition coefficient (Wildman–Crippen LogP) is 1.21. The monoisotopic (exact) mass is 415 g/mol. The van der Waals surface area contributed by atoms with E-state index in [9.17, 15) is 31.4 Å². The smallest absolute Gasteiger partial charge is 0.346 e. The molecule has 0 saturated heterocycles. The predicted molar refractivity (Wildman–Crippen MR) is 95.0 cm³/mol. The molecule has 0 heterocycles. The standard InChI is InChI=1S/C18H6B3F6NO2/c19-11-5(4-28)12(20)15(13(21)14(11)23)30-8-2-1-6-10-9(8)7(22)3-16(10,29)18(26,27)17(6,24)25/h1-2,7,29H,3H2/t7-,16+/m0/s1. The maximum atomic E-state index is 14.6. The van der Waals surface area contributed by atoms with Crippen molar-refractivity contribution >= 4 is 39.9 Å². The van der Waals surface area contributed by atoms with E-state index in [1.807, 2.05) is 0 Å². The van der Waals surface area contributed by atoms with Crippen LogP contribution in [-0.2, 0) is 11.5 Å². The molecule has 146 valence electrons. The van der Waals surface area contributed by atoms with Crippen molar-refractivity contribution < 1.29 is 36.2 Å². The Morgan fingerprint density at radius 1 is 1.10 bits per heavy atom. The number of alkyl halides is 5. The van der Waals surface area contributed by atoms with E-state index in [0.717, 1.165) is 6.07 Å². The van der Waals surface area contributed by atoms with Gasteiger partial charge in [0.15, 0.2) is 5.60 Å². The third-order valence-electron chi connectivity index (χ3n) is 5.48. The zero-order valence-corrected chi connectivity index (χ0v) is 14.7. The van der Waals surface area contributed by atoms with Crippen LogP contribution in [0.15, 0.2) is 12.1 Å². The van der Waals surface area contributed by atoms with Crippen LogP contribution in [0.3, 0.4) is 0 Å². The quantitative estimate of drug-likeness (QED) is 0.594. The number of hydrogen-bond donors (Lipinski definition) is 1. The van der Waals surface area contributed by atoms with Crippen molar-refractivity contribution in [3.8, 4) is 17.6 Å². The maximum Gasteiger partial charge on any atom is 0.346 e. The number of halogens is 6. The fourth-order valence-corrected chi connectivity index (χ4v) is 3.98. The van der Waals surface area contributed by atoms with Gasteiger partial charge in [-0.05, 0) is 28.5 Å². The summed E-state index contributed by atoms with van der Waals surface area (Å²) in [5, 5.41) is 19.4. The number of benzene rings is 2. The van der Waals surface area contributed by atoms with Gasteiger partial charge in [0.2, 0.25) is 0 Å². The van der Waals surface area contributed by atoms with Gasteiger partial charge in [0.05, 0.1) is 6.07 Å². The first-order chi connectivity index (χ1) is 13.8. The minimum atomic E-state index is -4.98. The van der Waals surface area contributed by atoms with E-state index in [1.165, 1.54) is 6.07 Å². The third kappa shape index (κ3) is 2.19. The van der Waals surface area contributed by atoms with Crippen LogP contribution in [0, 0.1) is 17.1 Å². The molecule has 2 aromatic carbocycles. The average Bonchev–Trinajstić information content (AvgIpc) is 3.01. The first kappa shape index (κ1) is 20.7. The van der Waals surface area contributed by atoms with E-state index in [1.54, 1.807) is 0 Å². The maximum absolute atomic E-state index is 14.6. The Kier molecular flexibility index (Phi) is 4.15. The summed E-state index contributed by atoms with van der Waals surface area (Å²) in [5.74, 6) is -12.3. The van der Waals surface area contributed by atoms with Crippen molar-refractivity contribution in [3.63, 3.8) is 0 Å². The lowest BCUT2D eigenvalue weighted by molar-refractivity contribution is -0.287. The van der Waals surface area contributed by atoms with Crippen LogP contribution in [0.5, 0.6) is 11.5 Å². The number of nitriles is 1. The summed E-state index contributed by atoms with van der Waals surface area (Å²) >= 11 is 0. The molecule has 0 saturated carbocycles. The van der Waals surface area contributed by atoms with Crippen molar-refractivity contribution in [2.24, 2.45) is 0 Å². The van der Waals surface area contributed by atoms with E-state index in [-0.39, 0.29) is 0 Å². The fraction of sp³-hybridized carbons (Fsp3) is 0.278. The first-order valence-electron chi connectivity index (χ1n) is 8.35. The second-order valence-corrected chi connectivity index (χ2v) is 7.05. The van der Waals surface area contributed by atoms with E-state index in [4.69, 9.17) is 33.5 Å². The lowest BCUT2D eigenvalue weighted by Gasteiger charge is -2.30. The van der Waals surface area contributed by atoms with E-state index >= 15 is 0 Å². The molecule has 30 heavy (non-hydrogen) atoms. The molecule has 2 aliphatic rings. The second kappa shape index (κ2) is 6.00. The highest BCUT2D eigenvalue weighted by molar-refractivity contribution is 6.47. The van der Waals surface area contributed by atoms with Crippen molar-refractivity contribution in [3.05, 3.63) is 40.2 Å². The molecule has 0 spiro atoms. The molecule has 6 radical (unpaired) electrons. The van der Waals surface area contributed by atoms with Gasteiger partial charge in [-0.25, -0.2) is 8.78 Å². The Bertz CT molecular complexity index is 1170. The van der Waals surface area contributed by atoms with Crippen LogP contribution in [0.25, 0.3) is 0 Å². The molecule has 3 nitrogen and oxygen atoms in total. The molecule has 4 rings (SSSR count). The molecule has 12 heteroatoms. The normalized spacial score (nSPS) is 25.1. The van der Waals surface area contributed by atoms with Crippen molar-refractivity contribution in [2.75, 3.05) is 0 Å². The Morgan fingerprint density at radius 3 is 2.33 bits per heavy atom. The fourth-order valence-electron chi connectivity index (χ4n) is 3.98. The highest BCUT2D eigenvalue weighted by atomic mass is 19.3. The van der Waals surface area contributed by atoms with Gasteiger partial charge in [-0.1, -0.05) is 0 Å². The number of nitrogens with zero attached hydrogens (tertiary/aromatic N) is 1. The minimum absolute atomic E-state index is 0.527. The lowest BCUT2D eigenvalue weighted by Crippen LogP contribution is -2.48. The largest absolute Gasteiger partial charge is 0.458 e. The summed E-state index contributed by atoms with van der Waals surface area (Å²) in [6, 6.07) is 2.83. The van der Waals surface area contributed by atoms with Crippen LogP contribution in [0.1, 0.15) is 34.8 Å². The molecular formula is C18H6B3F6NO2. The Morgan fingerprint density at radius 2 is 1.73 bits per heavy atom. The molecule has 0 aliphatic heterocycles. The van der Waals surface area contributed by atoms with Crippen LogP contribution >= 0.6 is 0 Å². The Hall–Kier alpha value is -2.54. The SMILES string of the molecule is [B]c1c(F)c([B])c(Oc2ccc3c4c2[C@@H](F)C[C@]4(O)C(F)(F)C3(F)F)c([B])c1C#N. The molecule has 1 N–H and O–H groups in total. The van der Waals surface area contributed by atoms with Gasteiger partial charge >= 0.3 is 11.8 Å². The van der Waals surface area contributed by atoms with Gasteiger partial charge in [0.25, 0.3) is 0 Å². The van der Waals surface area contributed by atoms with Gasteiger partial charge in [-0.15, -0.1) is 0 Å². The molecule has 2 aromatic rings. The zero-order chi connectivity index (χ0) is 22.4. The number of rotatable bonds is 2. The van der Waals surface area contributed by atoms with Gasteiger partial charge in [0.1, 0.15) is 47.0 Å². The Balaban J connectivity index is 1.95. The molecule has 0 bridgehead atoms. The molecule has 0 fully saturated rings. The summed E-state index contributed by atoms with van der Waals surface area (Å²) < 4.78 is 91.2. The summed E-state index contributed by atoms with van der Waals surface area (Å²) in [7, 11) is 16.7. The average molecular weight is 415 g/mol. The molecule has 0 aromatic heterocycles. The summed E-state index contributed by atoms with van der Waals surface area (Å²) in [6.45, 7) is 0. The van der Waals surface area contributed by atoms with E-state index < -0.39 is 86.0 Å². The summed E-state index contributed by atoms with van der Waals surface area (Å²) in [4.78, 5) is 0. The molecule has 2 aliphatic carbocycles.